The van der Waals surface area contributed by atoms with Gasteiger partial charge >= 0.3 is 0 Å². The molecule has 0 aromatic heterocycles. The smallest absolute Gasteiger partial charge is 0.191 e. The molecule has 0 aliphatic rings. The molecule has 1 aromatic carbocycles. The molecule has 5 nitrogen and oxygen atoms in total. The van der Waals surface area contributed by atoms with E-state index in [1.54, 1.807) is 25.3 Å². The van der Waals surface area contributed by atoms with Crippen LogP contribution in [0.5, 0.6) is 5.75 Å². The number of para-hydroxylation sites is 1. The lowest BCUT2D eigenvalue weighted by Crippen LogP contribution is -2.44. The van der Waals surface area contributed by atoms with E-state index >= 15 is 0 Å². The standard InChI is InChI=1S/C17H28FN3O2/c1-5-14(23-16-10-8-7-9-15(16)18)11-20-17(19-6-2)21-13(3)12-22-4/h7-10,13-14H,5-6,11-12H2,1-4H3,(H2,19,20,21). The summed E-state index contributed by atoms with van der Waals surface area (Å²) >= 11 is 0. The van der Waals surface area contributed by atoms with E-state index in [0.717, 1.165) is 13.0 Å². The summed E-state index contributed by atoms with van der Waals surface area (Å²) in [4.78, 5) is 4.52. The minimum atomic E-state index is -0.353. The van der Waals surface area contributed by atoms with Gasteiger partial charge in [0.2, 0.25) is 0 Å². The zero-order valence-corrected chi connectivity index (χ0v) is 14.4. The number of nitrogens with one attached hydrogen (secondary N) is 2. The van der Waals surface area contributed by atoms with Crippen molar-refractivity contribution < 1.29 is 13.9 Å². The van der Waals surface area contributed by atoms with Crippen LogP contribution in [0.15, 0.2) is 29.3 Å². The lowest BCUT2D eigenvalue weighted by atomic mass is 10.2. The minimum absolute atomic E-state index is 0.144. The molecule has 0 bridgehead atoms. The van der Waals surface area contributed by atoms with Crippen molar-refractivity contribution in [2.24, 2.45) is 4.99 Å². The van der Waals surface area contributed by atoms with Crippen LogP contribution in [0.25, 0.3) is 0 Å². The predicted molar refractivity (Wildman–Crippen MR) is 91.6 cm³/mol. The minimum Gasteiger partial charge on any atom is -0.485 e. The Morgan fingerprint density at radius 1 is 1.30 bits per heavy atom. The average Bonchev–Trinajstić information content (AvgIpc) is 2.53. The van der Waals surface area contributed by atoms with Crippen molar-refractivity contribution in [2.45, 2.75) is 39.3 Å². The fourth-order valence-electron chi connectivity index (χ4n) is 2.01. The van der Waals surface area contributed by atoms with Crippen LogP contribution < -0.4 is 15.4 Å². The van der Waals surface area contributed by atoms with Gasteiger partial charge in [0.15, 0.2) is 17.5 Å². The van der Waals surface area contributed by atoms with Gasteiger partial charge in [-0.05, 0) is 32.4 Å². The Balaban J connectivity index is 2.65. The van der Waals surface area contributed by atoms with Crippen molar-refractivity contribution >= 4 is 5.96 Å². The van der Waals surface area contributed by atoms with Gasteiger partial charge in [-0.3, -0.25) is 0 Å². The van der Waals surface area contributed by atoms with Crippen molar-refractivity contribution in [3.63, 3.8) is 0 Å². The number of aliphatic imine (C=N–C) groups is 1. The van der Waals surface area contributed by atoms with Crippen molar-refractivity contribution in [1.82, 2.24) is 10.6 Å². The van der Waals surface area contributed by atoms with E-state index in [2.05, 4.69) is 15.6 Å². The van der Waals surface area contributed by atoms with Crippen LogP contribution in [0.3, 0.4) is 0 Å². The van der Waals surface area contributed by atoms with Gasteiger partial charge < -0.3 is 20.1 Å². The van der Waals surface area contributed by atoms with E-state index < -0.39 is 0 Å². The first-order valence-electron chi connectivity index (χ1n) is 8.05. The maximum Gasteiger partial charge on any atom is 0.191 e. The van der Waals surface area contributed by atoms with Gasteiger partial charge in [0.05, 0.1) is 13.2 Å². The lowest BCUT2D eigenvalue weighted by molar-refractivity contribution is 0.178. The molecule has 0 saturated carbocycles. The molecular formula is C17H28FN3O2. The first-order chi connectivity index (χ1) is 11.1. The topological polar surface area (TPSA) is 54.9 Å². The molecule has 0 fully saturated rings. The Hall–Kier alpha value is -1.82. The highest BCUT2D eigenvalue weighted by atomic mass is 19.1. The third-order valence-electron chi connectivity index (χ3n) is 3.18. The summed E-state index contributed by atoms with van der Waals surface area (Å²) in [6, 6.07) is 6.57. The summed E-state index contributed by atoms with van der Waals surface area (Å²) in [5.41, 5.74) is 0. The van der Waals surface area contributed by atoms with E-state index in [1.807, 2.05) is 20.8 Å². The Morgan fingerprint density at radius 3 is 2.65 bits per heavy atom. The molecule has 6 heteroatoms. The Kier molecular flexibility index (Phi) is 9.05. The third kappa shape index (κ3) is 7.32. The Bertz CT molecular complexity index is 483. The number of methoxy groups -OCH3 is 1. The predicted octanol–water partition coefficient (Wildman–Crippen LogP) is 2.57. The van der Waals surface area contributed by atoms with Gasteiger partial charge in [0, 0.05) is 19.7 Å². The summed E-state index contributed by atoms with van der Waals surface area (Å²) in [5, 5.41) is 6.44. The largest absolute Gasteiger partial charge is 0.485 e. The summed E-state index contributed by atoms with van der Waals surface area (Å²) in [6.45, 7) is 7.81. The molecule has 0 aliphatic carbocycles. The molecule has 0 spiro atoms. The van der Waals surface area contributed by atoms with Gasteiger partial charge in [-0.25, -0.2) is 9.38 Å². The van der Waals surface area contributed by atoms with E-state index in [4.69, 9.17) is 9.47 Å². The van der Waals surface area contributed by atoms with Crippen LogP contribution in [-0.4, -0.2) is 44.9 Å². The molecule has 0 amide bonds. The molecule has 130 valence electrons. The fourth-order valence-corrected chi connectivity index (χ4v) is 2.01. The van der Waals surface area contributed by atoms with E-state index in [9.17, 15) is 4.39 Å². The number of halogens is 1. The number of rotatable bonds is 9. The molecule has 1 rings (SSSR count). The van der Waals surface area contributed by atoms with E-state index in [-0.39, 0.29) is 23.7 Å². The summed E-state index contributed by atoms with van der Waals surface area (Å²) < 4.78 is 24.5. The fraction of sp³-hybridized carbons (Fsp3) is 0.588. The van der Waals surface area contributed by atoms with Gasteiger partial charge in [-0.1, -0.05) is 19.1 Å². The zero-order valence-electron chi connectivity index (χ0n) is 14.4. The Morgan fingerprint density at radius 2 is 2.04 bits per heavy atom. The third-order valence-corrected chi connectivity index (χ3v) is 3.18. The van der Waals surface area contributed by atoms with Crippen LogP contribution in [0.1, 0.15) is 27.2 Å². The summed E-state index contributed by atoms with van der Waals surface area (Å²) in [5.74, 6) is 0.613. The molecule has 0 aliphatic heterocycles. The van der Waals surface area contributed by atoms with Crippen LogP contribution in [0, 0.1) is 5.82 Å². The molecular weight excluding hydrogens is 297 g/mol. The van der Waals surface area contributed by atoms with Gasteiger partial charge in [-0.15, -0.1) is 0 Å². The summed E-state index contributed by atoms with van der Waals surface area (Å²) in [6.07, 6.45) is 0.560. The molecule has 2 unspecified atom stereocenters. The zero-order chi connectivity index (χ0) is 17.1. The number of hydrogen-bond acceptors (Lipinski definition) is 3. The second-order valence-corrected chi connectivity index (χ2v) is 5.30. The highest BCUT2D eigenvalue weighted by molar-refractivity contribution is 5.80. The molecule has 2 N–H and O–H groups in total. The molecule has 1 aromatic rings. The average molecular weight is 325 g/mol. The van der Waals surface area contributed by atoms with Crippen LogP contribution >= 0.6 is 0 Å². The summed E-state index contributed by atoms with van der Waals surface area (Å²) in [7, 11) is 1.66. The number of hydrogen-bond donors (Lipinski definition) is 2. The van der Waals surface area contributed by atoms with Crippen molar-refractivity contribution in [1.29, 1.82) is 0 Å². The SMILES string of the molecule is CCNC(=NCC(CC)Oc1ccccc1F)NC(C)COC. The molecule has 2 atom stereocenters. The number of ether oxygens (including phenoxy) is 2. The van der Waals surface area contributed by atoms with Crippen molar-refractivity contribution in [3.8, 4) is 5.75 Å². The second kappa shape index (κ2) is 10.8. The quantitative estimate of drug-likeness (QED) is 0.541. The van der Waals surface area contributed by atoms with E-state index in [0.29, 0.717) is 19.1 Å². The van der Waals surface area contributed by atoms with Crippen LogP contribution in [-0.2, 0) is 4.74 Å². The van der Waals surface area contributed by atoms with Crippen LogP contribution in [0.2, 0.25) is 0 Å². The first-order valence-corrected chi connectivity index (χ1v) is 8.05. The normalized spacial score (nSPS) is 14.2. The Labute approximate surface area is 138 Å². The number of guanidine groups is 1. The van der Waals surface area contributed by atoms with Crippen LogP contribution in [0.4, 0.5) is 4.39 Å². The van der Waals surface area contributed by atoms with Crippen molar-refractivity contribution in [2.75, 3.05) is 26.8 Å². The van der Waals surface area contributed by atoms with E-state index in [1.165, 1.54) is 6.07 Å². The molecule has 0 heterocycles. The lowest BCUT2D eigenvalue weighted by Gasteiger charge is -2.19. The highest BCUT2D eigenvalue weighted by Gasteiger charge is 2.12. The number of nitrogens with zero attached hydrogens (tertiary/aromatic N) is 1. The van der Waals surface area contributed by atoms with Gasteiger partial charge in [0.25, 0.3) is 0 Å². The number of benzene rings is 1. The van der Waals surface area contributed by atoms with Gasteiger partial charge in [0.1, 0.15) is 6.10 Å². The maximum absolute atomic E-state index is 13.7. The highest BCUT2D eigenvalue weighted by Crippen LogP contribution is 2.18. The molecule has 0 saturated heterocycles. The second-order valence-electron chi connectivity index (χ2n) is 5.30. The van der Waals surface area contributed by atoms with Crippen molar-refractivity contribution in [3.05, 3.63) is 30.1 Å². The van der Waals surface area contributed by atoms with Gasteiger partial charge in [-0.2, -0.15) is 0 Å². The molecule has 23 heavy (non-hydrogen) atoms. The first kappa shape index (κ1) is 19.2. The monoisotopic (exact) mass is 325 g/mol. The maximum atomic E-state index is 13.7. The molecule has 0 radical (unpaired) electrons.